The van der Waals surface area contributed by atoms with Crippen LogP contribution in [0.5, 0.6) is 0 Å². The Kier molecular flexibility index (Phi) is 37.8. The highest BCUT2D eigenvalue weighted by Gasteiger charge is 2.25. The molecule has 47 heavy (non-hydrogen) atoms. The molecule has 0 spiro atoms. The summed E-state index contributed by atoms with van der Waals surface area (Å²) < 4.78 is 5.96. The van der Waals surface area contributed by atoms with Gasteiger partial charge in [0, 0.05) is 11.8 Å². The number of carbonyl (C=O) groups is 1. The predicted octanol–water partition coefficient (Wildman–Crippen LogP) is 16.4. The second-order valence-electron chi connectivity index (χ2n) is 16.0. The molecule has 0 saturated heterocycles. The summed E-state index contributed by atoms with van der Waals surface area (Å²) in [4.78, 5) is 12.7. The fraction of sp³-hybridized carbons (Fsp3) is 0.978. The van der Waals surface area contributed by atoms with Crippen LogP contribution in [-0.2, 0) is 9.53 Å². The number of hydrogen-bond donors (Lipinski definition) is 0. The minimum absolute atomic E-state index is 0.0520. The standard InChI is InChI=1S/C45H90O2/c1-5-8-11-14-17-20-22-23-24-25-26-27-28-29-31-34-37-40-44(46)47-43-45(4,41-38-35-32-19-16-13-10-7-3)42-39-36-33-30-21-18-15-12-9-6-2/h5-43H2,1-4H3. The Balaban J connectivity index is 4.00. The van der Waals surface area contributed by atoms with E-state index >= 15 is 0 Å². The van der Waals surface area contributed by atoms with E-state index in [1.165, 1.54) is 231 Å². The van der Waals surface area contributed by atoms with Crippen LogP contribution in [0.15, 0.2) is 0 Å². The lowest BCUT2D eigenvalue weighted by Gasteiger charge is -2.29. The first-order chi connectivity index (χ1) is 23.1. The van der Waals surface area contributed by atoms with Crippen molar-refractivity contribution in [1.82, 2.24) is 0 Å². The van der Waals surface area contributed by atoms with Crippen molar-refractivity contribution in [3.8, 4) is 0 Å². The molecule has 2 nitrogen and oxygen atoms in total. The van der Waals surface area contributed by atoms with Crippen LogP contribution in [0.4, 0.5) is 0 Å². The van der Waals surface area contributed by atoms with Crippen molar-refractivity contribution in [2.75, 3.05) is 6.61 Å². The molecule has 0 aliphatic heterocycles. The van der Waals surface area contributed by atoms with Crippen molar-refractivity contribution in [2.45, 2.75) is 272 Å². The summed E-state index contributed by atoms with van der Waals surface area (Å²) in [6.45, 7) is 9.94. The zero-order chi connectivity index (χ0) is 34.4. The Morgan fingerprint density at radius 1 is 0.362 bits per heavy atom. The maximum absolute atomic E-state index is 12.7. The Labute approximate surface area is 298 Å². The summed E-state index contributed by atoms with van der Waals surface area (Å²) in [6.07, 6.45) is 51.1. The molecule has 1 unspecified atom stereocenters. The molecule has 0 N–H and O–H groups in total. The topological polar surface area (TPSA) is 26.3 Å². The summed E-state index contributed by atoms with van der Waals surface area (Å²) in [6, 6.07) is 0. The number of carbonyl (C=O) groups excluding carboxylic acids is 1. The van der Waals surface area contributed by atoms with E-state index in [9.17, 15) is 4.79 Å². The summed E-state index contributed by atoms with van der Waals surface area (Å²) in [5, 5.41) is 0. The zero-order valence-electron chi connectivity index (χ0n) is 33.4. The van der Waals surface area contributed by atoms with Gasteiger partial charge in [0.1, 0.15) is 0 Å². The molecule has 0 aromatic rings. The first kappa shape index (κ1) is 46.5. The minimum atomic E-state index is 0.0520. The predicted molar refractivity (Wildman–Crippen MR) is 212 cm³/mol. The highest BCUT2D eigenvalue weighted by atomic mass is 16.5. The second-order valence-corrected chi connectivity index (χ2v) is 16.0. The average molecular weight is 663 g/mol. The lowest BCUT2D eigenvalue weighted by atomic mass is 9.80. The van der Waals surface area contributed by atoms with E-state index in [4.69, 9.17) is 4.74 Å². The fourth-order valence-electron chi connectivity index (χ4n) is 7.32. The van der Waals surface area contributed by atoms with Crippen molar-refractivity contribution in [3.05, 3.63) is 0 Å². The molecule has 1 atom stereocenters. The maximum atomic E-state index is 12.7. The molecule has 0 heterocycles. The van der Waals surface area contributed by atoms with Gasteiger partial charge in [0.2, 0.25) is 0 Å². The Morgan fingerprint density at radius 2 is 0.596 bits per heavy atom. The smallest absolute Gasteiger partial charge is 0.305 e. The van der Waals surface area contributed by atoms with Gasteiger partial charge in [-0.05, 0) is 19.3 Å². The monoisotopic (exact) mass is 663 g/mol. The quantitative estimate of drug-likeness (QED) is 0.0482. The first-order valence-electron chi connectivity index (χ1n) is 22.2. The van der Waals surface area contributed by atoms with E-state index in [0.29, 0.717) is 13.0 Å². The molecule has 0 amide bonds. The van der Waals surface area contributed by atoms with E-state index < -0.39 is 0 Å². The molecule has 0 radical (unpaired) electrons. The van der Waals surface area contributed by atoms with Gasteiger partial charge in [-0.15, -0.1) is 0 Å². The van der Waals surface area contributed by atoms with Crippen LogP contribution in [0.25, 0.3) is 0 Å². The Bertz CT molecular complexity index is 601. The largest absolute Gasteiger partial charge is 0.465 e. The minimum Gasteiger partial charge on any atom is -0.465 e. The molecule has 2 heteroatoms. The highest BCUT2D eigenvalue weighted by molar-refractivity contribution is 5.69. The first-order valence-corrected chi connectivity index (χ1v) is 22.2. The van der Waals surface area contributed by atoms with Gasteiger partial charge < -0.3 is 4.74 Å². The van der Waals surface area contributed by atoms with Crippen LogP contribution in [0.2, 0.25) is 0 Å². The van der Waals surface area contributed by atoms with Gasteiger partial charge in [0.05, 0.1) is 6.61 Å². The average Bonchev–Trinajstić information content (AvgIpc) is 3.07. The van der Waals surface area contributed by atoms with Crippen molar-refractivity contribution < 1.29 is 9.53 Å². The van der Waals surface area contributed by atoms with Crippen LogP contribution in [0.1, 0.15) is 272 Å². The number of esters is 1. The number of rotatable bonds is 40. The van der Waals surface area contributed by atoms with Gasteiger partial charge in [-0.25, -0.2) is 0 Å². The molecule has 0 rings (SSSR count). The third-order valence-electron chi connectivity index (χ3n) is 10.8. The van der Waals surface area contributed by atoms with Crippen LogP contribution in [0.3, 0.4) is 0 Å². The van der Waals surface area contributed by atoms with Crippen LogP contribution >= 0.6 is 0 Å². The van der Waals surface area contributed by atoms with E-state index in [-0.39, 0.29) is 11.4 Å². The van der Waals surface area contributed by atoms with Gasteiger partial charge in [-0.2, -0.15) is 0 Å². The van der Waals surface area contributed by atoms with Crippen molar-refractivity contribution in [3.63, 3.8) is 0 Å². The number of hydrogen-bond acceptors (Lipinski definition) is 2. The Morgan fingerprint density at radius 3 is 0.872 bits per heavy atom. The fourth-order valence-corrected chi connectivity index (χ4v) is 7.32. The van der Waals surface area contributed by atoms with Crippen molar-refractivity contribution in [2.24, 2.45) is 5.41 Å². The van der Waals surface area contributed by atoms with E-state index in [2.05, 4.69) is 27.7 Å². The number of ether oxygens (including phenoxy) is 1. The molecule has 282 valence electrons. The highest BCUT2D eigenvalue weighted by Crippen LogP contribution is 2.32. The Hall–Kier alpha value is -0.530. The third kappa shape index (κ3) is 36.6. The van der Waals surface area contributed by atoms with Gasteiger partial charge in [-0.3, -0.25) is 4.79 Å². The molecule has 0 fully saturated rings. The summed E-state index contributed by atoms with van der Waals surface area (Å²) in [5.74, 6) is 0.0520. The van der Waals surface area contributed by atoms with Crippen LogP contribution in [0, 0.1) is 5.41 Å². The van der Waals surface area contributed by atoms with E-state index in [0.717, 1.165) is 6.42 Å². The maximum Gasteiger partial charge on any atom is 0.305 e. The molecule has 0 aliphatic carbocycles. The molecule has 0 saturated carbocycles. The van der Waals surface area contributed by atoms with E-state index in [1.54, 1.807) is 0 Å². The lowest BCUT2D eigenvalue weighted by Crippen LogP contribution is -2.25. The molecule has 0 aromatic carbocycles. The van der Waals surface area contributed by atoms with Gasteiger partial charge in [0.25, 0.3) is 0 Å². The molecule has 0 aromatic heterocycles. The SMILES string of the molecule is CCCCCCCCCCCCCCCCCCCC(=O)OCC(C)(CCCCCCCCCC)CCCCCCCCCCCC. The van der Waals surface area contributed by atoms with Gasteiger partial charge in [0.15, 0.2) is 0 Å². The summed E-state index contributed by atoms with van der Waals surface area (Å²) in [7, 11) is 0. The normalized spacial score (nSPS) is 12.9. The second kappa shape index (κ2) is 38.3. The molecule has 0 aliphatic rings. The van der Waals surface area contributed by atoms with E-state index in [1.807, 2.05) is 0 Å². The molecular weight excluding hydrogens is 572 g/mol. The lowest BCUT2D eigenvalue weighted by molar-refractivity contribution is -0.147. The zero-order valence-corrected chi connectivity index (χ0v) is 33.4. The van der Waals surface area contributed by atoms with Crippen molar-refractivity contribution >= 4 is 5.97 Å². The third-order valence-corrected chi connectivity index (χ3v) is 10.8. The van der Waals surface area contributed by atoms with Crippen molar-refractivity contribution in [1.29, 1.82) is 0 Å². The van der Waals surface area contributed by atoms with Gasteiger partial charge in [-0.1, -0.05) is 246 Å². The molecule has 0 bridgehead atoms. The summed E-state index contributed by atoms with van der Waals surface area (Å²) >= 11 is 0. The van der Waals surface area contributed by atoms with Gasteiger partial charge >= 0.3 is 5.97 Å². The summed E-state index contributed by atoms with van der Waals surface area (Å²) in [5.41, 5.74) is 0.159. The van der Waals surface area contributed by atoms with Crippen LogP contribution < -0.4 is 0 Å². The molecular formula is C45H90O2. The van der Waals surface area contributed by atoms with Crippen LogP contribution in [-0.4, -0.2) is 12.6 Å². The number of unbranched alkanes of at least 4 members (excludes halogenated alkanes) is 32.